The molecule has 2 aliphatic rings. The van der Waals surface area contributed by atoms with E-state index in [2.05, 4.69) is 5.32 Å². The lowest BCUT2D eigenvalue weighted by Crippen LogP contribution is -2.55. The molecule has 2 aliphatic carbocycles. The first-order valence-electron chi connectivity index (χ1n) is 7.31. The van der Waals surface area contributed by atoms with Gasteiger partial charge in [0.05, 0.1) is 11.3 Å². The summed E-state index contributed by atoms with van der Waals surface area (Å²) in [4.78, 5) is 23.3. The van der Waals surface area contributed by atoms with Crippen LogP contribution in [0.1, 0.15) is 37.7 Å². The molecule has 0 bridgehead atoms. The van der Waals surface area contributed by atoms with Crippen LogP contribution in [-0.2, 0) is 15.0 Å². The highest BCUT2D eigenvalue weighted by Gasteiger charge is 2.47. The molecule has 0 saturated heterocycles. The first kappa shape index (κ1) is 14.0. The minimum atomic E-state index is -0.802. The molecule has 2 saturated carbocycles. The van der Waals surface area contributed by atoms with Crippen molar-refractivity contribution in [3.8, 4) is 0 Å². The van der Waals surface area contributed by atoms with Crippen LogP contribution in [0.4, 0.5) is 4.39 Å². The predicted molar refractivity (Wildman–Crippen MR) is 74.2 cm³/mol. The standard InChI is InChI=1S/C16H18FNO3/c17-12-4-1-3-11(9-12)16(5-2-6-16)15(21)18-13-7-10(8-13)14(19)20/h1,3-4,9-10,13H,2,5-8H2,(H,18,21)(H,19,20). The van der Waals surface area contributed by atoms with Gasteiger partial charge in [-0.2, -0.15) is 0 Å². The molecule has 5 heteroatoms. The number of nitrogens with one attached hydrogen (secondary N) is 1. The smallest absolute Gasteiger partial charge is 0.306 e. The highest BCUT2D eigenvalue weighted by atomic mass is 19.1. The molecule has 0 aliphatic heterocycles. The first-order chi connectivity index (χ1) is 10.0. The van der Waals surface area contributed by atoms with Gasteiger partial charge in [0.25, 0.3) is 0 Å². The largest absolute Gasteiger partial charge is 0.481 e. The number of aliphatic carboxylic acids is 1. The summed E-state index contributed by atoms with van der Waals surface area (Å²) in [6.07, 6.45) is 3.36. The van der Waals surface area contributed by atoms with Crippen molar-refractivity contribution in [1.29, 1.82) is 0 Å². The van der Waals surface area contributed by atoms with Crippen molar-refractivity contribution in [3.05, 3.63) is 35.6 Å². The van der Waals surface area contributed by atoms with Crippen molar-refractivity contribution in [3.63, 3.8) is 0 Å². The number of carboxylic acid groups (broad SMARTS) is 1. The van der Waals surface area contributed by atoms with E-state index < -0.39 is 11.4 Å². The Bertz CT molecular complexity index is 577. The van der Waals surface area contributed by atoms with Crippen LogP contribution in [0, 0.1) is 11.7 Å². The van der Waals surface area contributed by atoms with Crippen LogP contribution in [0.3, 0.4) is 0 Å². The van der Waals surface area contributed by atoms with E-state index in [0.29, 0.717) is 12.8 Å². The summed E-state index contributed by atoms with van der Waals surface area (Å²) in [5.74, 6) is -1.57. The highest BCUT2D eigenvalue weighted by molar-refractivity contribution is 5.89. The third kappa shape index (κ3) is 2.41. The Morgan fingerprint density at radius 3 is 2.52 bits per heavy atom. The molecule has 1 aromatic carbocycles. The van der Waals surface area contributed by atoms with E-state index in [1.807, 2.05) is 0 Å². The van der Waals surface area contributed by atoms with Crippen LogP contribution >= 0.6 is 0 Å². The number of halogens is 1. The van der Waals surface area contributed by atoms with Crippen molar-refractivity contribution in [2.45, 2.75) is 43.6 Å². The molecular weight excluding hydrogens is 273 g/mol. The SMILES string of the molecule is O=C(O)C1CC(NC(=O)C2(c3cccc(F)c3)CCC2)C1. The zero-order valence-corrected chi connectivity index (χ0v) is 11.6. The van der Waals surface area contributed by atoms with Crippen LogP contribution < -0.4 is 5.32 Å². The molecule has 4 nitrogen and oxygen atoms in total. The van der Waals surface area contributed by atoms with Crippen molar-refractivity contribution >= 4 is 11.9 Å². The molecule has 0 spiro atoms. The summed E-state index contributed by atoms with van der Waals surface area (Å²) in [5, 5.41) is 11.8. The lowest BCUT2D eigenvalue weighted by atomic mass is 9.63. The second-order valence-electron chi connectivity index (χ2n) is 6.12. The number of hydrogen-bond donors (Lipinski definition) is 2. The lowest BCUT2D eigenvalue weighted by molar-refractivity contribution is -0.147. The zero-order chi connectivity index (χ0) is 15.0. The van der Waals surface area contributed by atoms with E-state index in [1.54, 1.807) is 12.1 Å². The number of benzene rings is 1. The van der Waals surface area contributed by atoms with Gasteiger partial charge in [0, 0.05) is 6.04 Å². The molecule has 0 heterocycles. The predicted octanol–water partition coefficient (Wildman–Crippen LogP) is 2.23. The summed E-state index contributed by atoms with van der Waals surface area (Å²) >= 11 is 0. The maximum Gasteiger partial charge on any atom is 0.306 e. The van der Waals surface area contributed by atoms with E-state index in [-0.39, 0.29) is 23.7 Å². The molecular formula is C16H18FNO3. The fourth-order valence-corrected chi connectivity index (χ4v) is 3.22. The second kappa shape index (κ2) is 5.13. The summed E-state index contributed by atoms with van der Waals surface area (Å²) in [5.41, 5.74) is 0.0940. The molecule has 2 N–H and O–H groups in total. The van der Waals surface area contributed by atoms with E-state index in [0.717, 1.165) is 24.8 Å². The Kier molecular flexibility index (Phi) is 3.43. The molecule has 0 radical (unpaired) electrons. The molecule has 0 atom stereocenters. The Labute approximate surface area is 122 Å². The van der Waals surface area contributed by atoms with Crippen molar-refractivity contribution in [2.24, 2.45) is 5.92 Å². The summed E-state index contributed by atoms with van der Waals surface area (Å²) in [6.45, 7) is 0. The average Bonchev–Trinajstić information content (AvgIpc) is 2.31. The van der Waals surface area contributed by atoms with Crippen LogP contribution in [0.25, 0.3) is 0 Å². The Hall–Kier alpha value is -1.91. The van der Waals surface area contributed by atoms with Gasteiger partial charge in [-0.25, -0.2) is 4.39 Å². The molecule has 112 valence electrons. The number of rotatable bonds is 4. The first-order valence-corrected chi connectivity index (χ1v) is 7.31. The molecule has 0 aromatic heterocycles. The van der Waals surface area contributed by atoms with Crippen molar-refractivity contribution in [2.75, 3.05) is 0 Å². The van der Waals surface area contributed by atoms with E-state index in [4.69, 9.17) is 5.11 Å². The minimum Gasteiger partial charge on any atom is -0.481 e. The topological polar surface area (TPSA) is 66.4 Å². The summed E-state index contributed by atoms with van der Waals surface area (Å²) < 4.78 is 13.4. The number of carboxylic acids is 1. The Morgan fingerprint density at radius 2 is 2.00 bits per heavy atom. The molecule has 0 unspecified atom stereocenters. The van der Waals surface area contributed by atoms with Gasteiger partial charge < -0.3 is 10.4 Å². The second-order valence-corrected chi connectivity index (χ2v) is 6.12. The van der Waals surface area contributed by atoms with Gasteiger partial charge in [0.15, 0.2) is 0 Å². The van der Waals surface area contributed by atoms with Crippen molar-refractivity contribution in [1.82, 2.24) is 5.32 Å². The van der Waals surface area contributed by atoms with Gasteiger partial charge in [0.1, 0.15) is 5.82 Å². The van der Waals surface area contributed by atoms with Crippen LogP contribution in [-0.4, -0.2) is 23.0 Å². The van der Waals surface area contributed by atoms with Gasteiger partial charge in [-0.05, 0) is 43.4 Å². The van der Waals surface area contributed by atoms with Gasteiger partial charge in [-0.1, -0.05) is 18.6 Å². The quantitative estimate of drug-likeness (QED) is 0.894. The van der Waals surface area contributed by atoms with Gasteiger partial charge in [-0.3, -0.25) is 9.59 Å². The minimum absolute atomic E-state index is 0.0652. The van der Waals surface area contributed by atoms with E-state index in [9.17, 15) is 14.0 Å². The molecule has 3 rings (SSSR count). The lowest BCUT2D eigenvalue weighted by Gasteiger charge is -2.43. The van der Waals surface area contributed by atoms with Crippen LogP contribution in [0.15, 0.2) is 24.3 Å². The summed E-state index contributed by atoms with van der Waals surface area (Å²) in [6, 6.07) is 6.16. The van der Waals surface area contributed by atoms with Gasteiger partial charge in [-0.15, -0.1) is 0 Å². The van der Waals surface area contributed by atoms with Gasteiger partial charge >= 0.3 is 5.97 Å². The number of hydrogen-bond acceptors (Lipinski definition) is 2. The monoisotopic (exact) mass is 291 g/mol. The fraction of sp³-hybridized carbons (Fsp3) is 0.500. The molecule has 1 amide bonds. The van der Waals surface area contributed by atoms with Crippen LogP contribution in [0.2, 0.25) is 0 Å². The fourth-order valence-electron chi connectivity index (χ4n) is 3.22. The number of carbonyl (C=O) groups excluding carboxylic acids is 1. The molecule has 1 aromatic rings. The van der Waals surface area contributed by atoms with E-state index in [1.165, 1.54) is 12.1 Å². The average molecular weight is 291 g/mol. The normalized spacial score (nSPS) is 26.3. The highest BCUT2D eigenvalue weighted by Crippen LogP contribution is 2.44. The Balaban J connectivity index is 1.69. The molecule has 21 heavy (non-hydrogen) atoms. The van der Waals surface area contributed by atoms with E-state index >= 15 is 0 Å². The molecule has 2 fully saturated rings. The zero-order valence-electron chi connectivity index (χ0n) is 11.6. The Morgan fingerprint density at radius 1 is 1.29 bits per heavy atom. The van der Waals surface area contributed by atoms with Gasteiger partial charge in [0.2, 0.25) is 5.91 Å². The third-order valence-corrected chi connectivity index (χ3v) is 4.84. The number of carbonyl (C=O) groups is 2. The third-order valence-electron chi connectivity index (χ3n) is 4.84. The maximum absolute atomic E-state index is 13.4. The maximum atomic E-state index is 13.4. The van der Waals surface area contributed by atoms with Crippen molar-refractivity contribution < 1.29 is 19.1 Å². The van der Waals surface area contributed by atoms with Crippen LogP contribution in [0.5, 0.6) is 0 Å². The number of amides is 1. The summed E-state index contributed by atoms with van der Waals surface area (Å²) in [7, 11) is 0.